The molecule has 2 atom stereocenters. The lowest BCUT2D eigenvalue weighted by Gasteiger charge is -2.34. The van der Waals surface area contributed by atoms with Crippen molar-refractivity contribution in [3.63, 3.8) is 0 Å². The van der Waals surface area contributed by atoms with Gasteiger partial charge in [-0.15, -0.1) is 6.42 Å². The van der Waals surface area contributed by atoms with Gasteiger partial charge >= 0.3 is 0 Å². The van der Waals surface area contributed by atoms with Crippen molar-refractivity contribution in [1.29, 1.82) is 0 Å². The van der Waals surface area contributed by atoms with E-state index in [1.54, 1.807) is 0 Å². The minimum Gasteiger partial charge on any atom is -0.379 e. The van der Waals surface area contributed by atoms with Gasteiger partial charge < -0.3 is 9.47 Å². The monoisotopic (exact) mass is 225 g/mol. The average molecular weight is 225 g/mol. The van der Waals surface area contributed by atoms with Crippen LogP contribution in [0.25, 0.3) is 0 Å². The van der Waals surface area contributed by atoms with Crippen molar-refractivity contribution in [1.82, 2.24) is 4.90 Å². The molecule has 0 N–H and O–H groups in total. The van der Waals surface area contributed by atoms with Crippen LogP contribution >= 0.6 is 0 Å². The van der Waals surface area contributed by atoms with E-state index in [0.717, 1.165) is 32.7 Å². The second-order valence-corrected chi connectivity index (χ2v) is 4.63. The third-order valence-electron chi connectivity index (χ3n) is 2.59. The number of rotatable bonds is 5. The first kappa shape index (κ1) is 13.5. The lowest BCUT2D eigenvalue weighted by Crippen LogP contribution is -2.46. The highest BCUT2D eigenvalue weighted by atomic mass is 16.5. The van der Waals surface area contributed by atoms with Crippen molar-refractivity contribution in [2.75, 3.05) is 26.2 Å². The maximum Gasteiger partial charge on any atom is 0.130 e. The van der Waals surface area contributed by atoms with Crippen LogP contribution in [0.4, 0.5) is 0 Å². The molecule has 0 unspecified atom stereocenters. The van der Waals surface area contributed by atoms with E-state index in [1.807, 2.05) is 0 Å². The number of terminal acetylenes is 1. The first-order chi connectivity index (χ1) is 7.61. The number of nitrogens with zero attached hydrogens (tertiary/aromatic N) is 1. The Kier molecular flexibility index (Phi) is 5.83. The van der Waals surface area contributed by atoms with Crippen LogP contribution in [0.3, 0.4) is 0 Å². The predicted molar refractivity (Wildman–Crippen MR) is 65.3 cm³/mol. The molecule has 0 aromatic carbocycles. The van der Waals surface area contributed by atoms with Crippen LogP contribution < -0.4 is 0 Å². The van der Waals surface area contributed by atoms with Crippen LogP contribution in [0.5, 0.6) is 0 Å². The SMILES string of the molecule is C#C[C@@H]1CN(CCCOC(C)C)C[C@H](C)O1. The molecule has 16 heavy (non-hydrogen) atoms. The summed E-state index contributed by atoms with van der Waals surface area (Å²) in [7, 11) is 0. The van der Waals surface area contributed by atoms with Gasteiger partial charge in [-0.25, -0.2) is 0 Å². The van der Waals surface area contributed by atoms with Gasteiger partial charge in [0.1, 0.15) is 6.10 Å². The minimum absolute atomic E-state index is 0.0465. The van der Waals surface area contributed by atoms with Gasteiger partial charge in [0, 0.05) is 26.2 Å². The van der Waals surface area contributed by atoms with E-state index in [0.29, 0.717) is 6.10 Å². The van der Waals surface area contributed by atoms with Gasteiger partial charge in [-0.1, -0.05) is 5.92 Å². The number of morpholine rings is 1. The first-order valence-corrected chi connectivity index (χ1v) is 6.07. The molecule has 3 heteroatoms. The highest BCUT2D eigenvalue weighted by Gasteiger charge is 2.23. The molecule has 1 aliphatic heterocycles. The number of ether oxygens (including phenoxy) is 2. The highest BCUT2D eigenvalue weighted by molar-refractivity contribution is 4.98. The number of hydrogen-bond donors (Lipinski definition) is 0. The van der Waals surface area contributed by atoms with E-state index in [-0.39, 0.29) is 12.2 Å². The van der Waals surface area contributed by atoms with E-state index in [2.05, 4.69) is 31.6 Å². The maximum absolute atomic E-state index is 5.60. The zero-order valence-corrected chi connectivity index (χ0v) is 10.6. The maximum atomic E-state index is 5.60. The summed E-state index contributed by atoms with van der Waals surface area (Å²) in [6.07, 6.45) is 6.97. The Morgan fingerprint density at radius 2 is 2.25 bits per heavy atom. The Morgan fingerprint density at radius 1 is 1.50 bits per heavy atom. The van der Waals surface area contributed by atoms with Crippen molar-refractivity contribution < 1.29 is 9.47 Å². The van der Waals surface area contributed by atoms with Crippen LogP contribution in [0.2, 0.25) is 0 Å². The van der Waals surface area contributed by atoms with E-state index in [9.17, 15) is 0 Å². The van der Waals surface area contributed by atoms with Crippen molar-refractivity contribution in [3.8, 4) is 12.3 Å². The van der Waals surface area contributed by atoms with E-state index >= 15 is 0 Å². The molecule has 92 valence electrons. The molecule has 0 aliphatic carbocycles. The topological polar surface area (TPSA) is 21.7 Å². The third kappa shape index (κ3) is 4.98. The van der Waals surface area contributed by atoms with Crippen LogP contribution in [-0.4, -0.2) is 49.5 Å². The van der Waals surface area contributed by atoms with E-state index in [4.69, 9.17) is 15.9 Å². The summed E-state index contributed by atoms with van der Waals surface area (Å²) in [4.78, 5) is 2.36. The third-order valence-corrected chi connectivity index (χ3v) is 2.59. The molecule has 1 fully saturated rings. The molecule has 1 heterocycles. The Bertz CT molecular complexity index is 235. The summed E-state index contributed by atoms with van der Waals surface area (Å²) in [6, 6.07) is 0. The highest BCUT2D eigenvalue weighted by Crippen LogP contribution is 2.10. The van der Waals surface area contributed by atoms with Crippen molar-refractivity contribution in [3.05, 3.63) is 0 Å². The molecule has 0 aromatic heterocycles. The van der Waals surface area contributed by atoms with Crippen LogP contribution in [0.1, 0.15) is 27.2 Å². The Balaban J connectivity index is 2.18. The fourth-order valence-corrected chi connectivity index (χ4v) is 1.92. The Labute approximate surface area is 99.1 Å². The van der Waals surface area contributed by atoms with Crippen molar-refractivity contribution >= 4 is 0 Å². The summed E-state index contributed by atoms with van der Waals surface area (Å²) >= 11 is 0. The zero-order valence-electron chi connectivity index (χ0n) is 10.6. The summed E-state index contributed by atoms with van der Waals surface area (Å²) in [5.74, 6) is 2.68. The Hall–Kier alpha value is -0.560. The van der Waals surface area contributed by atoms with Gasteiger partial charge in [-0.3, -0.25) is 4.90 Å². The van der Waals surface area contributed by atoms with Gasteiger partial charge in [-0.05, 0) is 27.2 Å². The second-order valence-electron chi connectivity index (χ2n) is 4.63. The van der Waals surface area contributed by atoms with Crippen molar-refractivity contribution in [2.45, 2.75) is 45.5 Å². The zero-order chi connectivity index (χ0) is 12.0. The lowest BCUT2D eigenvalue weighted by atomic mass is 10.2. The van der Waals surface area contributed by atoms with E-state index < -0.39 is 0 Å². The largest absolute Gasteiger partial charge is 0.379 e. The molecule has 0 aromatic rings. The predicted octanol–water partition coefficient (Wildman–Crippen LogP) is 1.52. The smallest absolute Gasteiger partial charge is 0.130 e. The van der Waals surface area contributed by atoms with Crippen molar-refractivity contribution in [2.24, 2.45) is 0 Å². The summed E-state index contributed by atoms with van der Waals surface area (Å²) < 4.78 is 11.1. The molecule has 0 bridgehead atoms. The molecular formula is C13H23NO2. The standard InChI is InChI=1S/C13H23NO2/c1-5-13-10-14(9-12(4)16-13)7-6-8-15-11(2)3/h1,11-13H,6-10H2,2-4H3/t12-,13+/m0/s1. The average Bonchev–Trinajstić information content (AvgIpc) is 2.23. The summed E-state index contributed by atoms with van der Waals surface area (Å²) in [5.41, 5.74) is 0. The van der Waals surface area contributed by atoms with Crippen LogP contribution in [-0.2, 0) is 9.47 Å². The van der Waals surface area contributed by atoms with E-state index in [1.165, 1.54) is 0 Å². The molecule has 1 rings (SSSR count). The summed E-state index contributed by atoms with van der Waals surface area (Å²) in [5, 5.41) is 0. The molecule has 1 saturated heterocycles. The molecule has 3 nitrogen and oxygen atoms in total. The molecule has 0 saturated carbocycles. The fraction of sp³-hybridized carbons (Fsp3) is 0.846. The van der Waals surface area contributed by atoms with Gasteiger partial charge in [-0.2, -0.15) is 0 Å². The fourth-order valence-electron chi connectivity index (χ4n) is 1.92. The summed E-state index contributed by atoms with van der Waals surface area (Å²) in [6.45, 7) is 9.88. The Morgan fingerprint density at radius 3 is 2.88 bits per heavy atom. The second kappa shape index (κ2) is 6.90. The molecular weight excluding hydrogens is 202 g/mol. The molecule has 0 radical (unpaired) electrons. The minimum atomic E-state index is -0.0465. The lowest BCUT2D eigenvalue weighted by molar-refractivity contribution is -0.0530. The molecule has 0 amide bonds. The molecule has 0 spiro atoms. The van der Waals surface area contributed by atoms with Gasteiger partial charge in [0.2, 0.25) is 0 Å². The quantitative estimate of drug-likeness (QED) is 0.523. The van der Waals surface area contributed by atoms with Gasteiger partial charge in [0.15, 0.2) is 0 Å². The van der Waals surface area contributed by atoms with Crippen LogP contribution in [0, 0.1) is 12.3 Å². The first-order valence-electron chi connectivity index (χ1n) is 6.07. The number of hydrogen-bond acceptors (Lipinski definition) is 3. The van der Waals surface area contributed by atoms with Gasteiger partial charge in [0.05, 0.1) is 12.2 Å². The normalized spacial score (nSPS) is 26.9. The molecule has 1 aliphatic rings. The van der Waals surface area contributed by atoms with Crippen LogP contribution in [0.15, 0.2) is 0 Å². The van der Waals surface area contributed by atoms with Gasteiger partial charge in [0.25, 0.3) is 0 Å².